The molecule has 3 nitrogen and oxygen atoms in total. The lowest BCUT2D eigenvalue weighted by Crippen LogP contribution is -2.43. The first-order valence-electron chi connectivity index (χ1n) is 4.31. The van der Waals surface area contributed by atoms with Gasteiger partial charge in [0.05, 0.1) is 17.6 Å². The van der Waals surface area contributed by atoms with E-state index in [0.717, 1.165) is 12.8 Å². The van der Waals surface area contributed by atoms with Crippen molar-refractivity contribution in [3.05, 3.63) is 0 Å². The Morgan fingerprint density at radius 2 is 2.00 bits per heavy atom. The van der Waals surface area contributed by atoms with Crippen molar-refractivity contribution in [1.29, 1.82) is 0 Å². The normalized spacial score (nSPS) is 29.6. The molecule has 0 spiro atoms. The molecule has 0 aliphatic heterocycles. The second-order valence-corrected chi connectivity index (χ2v) is 4.29. The topological polar surface area (TPSA) is 46.5 Å². The van der Waals surface area contributed by atoms with Crippen LogP contribution in [0.1, 0.15) is 33.6 Å². The molecule has 0 bridgehead atoms. The number of ether oxygens (including phenoxy) is 1. The maximum absolute atomic E-state index is 10.6. The molecule has 1 aliphatic rings. The van der Waals surface area contributed by atoms with Crippen LogP contribution in [-0.4, -0.2) is 22.8 Å². The van der Waals surface area contributed by atoms with Gasteiger partial charge in [-0.2, -0.15) is 0 Å². The fourth-order valence-electron chi connectivity index (χ4n) is 1.35. The zero-order valence-electron chi connectivity index (χ0n) is 7.83. The summed E-state index contributed by atoms with van der Waals surface area (Å²) in [5, 5.41) is 8.72. The van der Waals surface area contributed by atoms with Gasteiger partial charge in [-0.3, -0.25) is 4.79 Å². The predicted molar refractivity (Wildman–Crippen MR) is 45.0 cm³/mol. The number of aliphatic carboxylic acids is 1. The van der Waals surface area contributed by atoms with Gasteiger partial charge in [-0.15, -0.1) is 0 Å². The molecule has 1 aliphatic carbocycles. The second-order valence-electron chi connectivity index (χ2n) is 4.29. The molecule has 1 N–H and O–H groups in total. The molecule has 0 saturated heterocycles. The van der Waals surface area contributed by atoms with Crippen molar-refractivity contribution < 1.29 is 14.6 Å². The lowest BCUT2D eigenvalue weighted by Gasteiger charge is -2.38. The molecule has 2 atom stereocenters. The van der Waals surface area contributed by atoms with Crippen molar-refractivity contribution in [3.63, 3.8) is 0 Å². The van der Waals surface area contributed by atoms with Crippen LogP contribution in [0.3, 0.4) is 0 Å². The van der Waals surface area contributed by atoms with Crippen LogP contribution < -0.4 is 0 Å². The SMILES string of the molecule is CC(C)(C)O[C@@H]1CC[C@H]1C(=O)O. The zero-order valence-corrected chi connectivity index (χ0v) is 7.83. The first kappa shape index (κ1) is 9.52. The molecule has 0 aromatic heterocycles. The van der Waals surface area contributed by atoms with E-state index in [9.17, 15) is 4.79 Å². The van der Waals surface area contributed by atoms with Crippen LogP contribution >= 0.6 is 0 Å². The summed E-state index contributed by atoms with van der Waals surface area (Å²) >= 11 is 0. The molecular weight excluding hydrogens is 156 g/mol. The molecule has 0 radical (unpaired) electrons. The molecule has 1 saturated carbocycles. The molecule has 0 amide bonds. The minimum absolute atomic E-state index is 0.0671. The van der Waals surface area contributed by atoms with Crippen LogP contribution in [0.4, 0.5) is 0 Å². The Bertz CT molecular complexity index is 181. The van der Waals surface area contributed by atoms with E-state index in [-0.39, 0.29) is 17.6 Å². The molecule has 1 rings (SSSR count). The van der Waals surface area contributed by atoms with Crippen molar-refractivity contribution >= 4 is 5.97 Å². The van der Waals surface area contributed by atoms with Gasteiger partial charge in [0.2, 0.25) is 0 Å². The van der Waals surface area contributed by atoms with Crippen molar-refractivity contribution in [1.82, 2.24) is 0 Å². The predicted octanol–water partition coefficient (Wildman–Crippen LogP) is 1.66. The second kappa shape index (κ2) is 3.05. The summed E-state index contributed by atoms with van der Waals surface area (Å²) in [6.45, 7) is 5.85. The van der Waals surface area contributed by atoms with Crippen LogP contribution in [-0.2, 0) is 9.53 Å². The van der Waals surface area contributed by atoms with Gasteiger partial charge in [-0.25, -0.2) is 0 Å². The lowest BCUT2D eigenvalue weighted by atomic mass is 9.81. The lowest BCUT2D eigenvalue weighted by molar-refractivity contribution is -0.167. The molecule has 0 heterocycles. The highest BCUT2D eigenvalue weighted by molar-refractivity contribution is 5.71. The van der Waals surface area contributed by atoms with E-state index in [1.54, 1.807) is 0 Å². The molecule has 3 heteroatoms. The molecule has 0 unspecified atom stereocenters. The fourth-order valence-corrected chi connectivity index (χ4v) is 1.35. The highest BCUT2D eigenvalue weighted by atomic mass is 16.5. The van der Waals surface area contributed by atoms with E-state index in [1.807, 2.05) is 20.8 Å². The van der Waals surface area contributed by atoms with Crippen molar-refractivity contribution in [2.75, 3.05) is 0 Å². The van der Waals surface area contributed by atoms with E-state index in [4.69, 9.17) is 9.84 Å². The van der Waals surface area contributed by atoms with Crippen molar-refractivity contribution in [2.24, 2.45) is 5.92 Å². The summed E-state index contributed by atoms with van der Waals surface area (Å²) in [5.74, 6) is -1.00. The van der Waals surface area contributed by atoms with Gasteiger partial charge in [0, 0.05) is 0 Å². The Hall–Kier alpha value is -0.570. The first-order valence-corrected chi connectivity index (χ1v) is 4.31. The van der Waals surface area contributed by atoms with Gasteiger partial charge < -0.3 is 9.84 Å². The standard InChI is InChI=1S/C9H16O3/c1-9(2,3)12-7-5-4-6(7)8(10)11/h6-7H,4-5H2,1-3H3,(H,10,11)/t6-,7-/m1/s1. The summed E-state index contributed by atoms with van der Waals surface area (Å²) in [5.41, 5.74) is -0.223. The Morgan fingerprint density at radius 3 is 2.25 bits per heavy atom. The minimum atomic E-state index is -0.726. The number of hydrogen-bond acceptors (Lipinski definition) is 2. The van der Waals surface area contributed by atoms with E-state index >= 15 is 0 Å². The summed E-state index contributed by atoms with van der Waals surface area (Å²) in [6, 6.07) is 0. The summed E-state index contributed by atoms with van der Waals surface area (Å²) < 4.78 is 5.57. The number of carbonyl (C=O) groups is 1. The van der Waals surface area contributed by atoms with Gasteiger partial charge in [0.15, 0.2) is 0 Å². The number of carboxylic acid groups (broad SMARTS) is 1. The quantitative estimate of drug-likeness (QED) is 0.689. The molecule has 12 heavy (non-hydrogen) atoms. The van der Waals surface area contributed by atoms with E-state index in [0.29, 0.717) is 0 Å². The Balaban J connectivity index is 2.40. The van der Waals surface area contributed by atoms with Crippen LogP contribution in [0.2, 0.25) is 0 Å². The molecule has 70 valence electrons. The number of hydrogen-bond donors (Lipinski definition) is 1. The number of rotatable bonds is 2. The molecule has 1 fully saturated rings. The highest BCUT2D eigenvalue weighted by Gasteiger charge is 2.39. The van der Waals surface area contributed by atoms with Crippen molar-refractivity contribution in [2.45, 2.75) is 45.3 Å². The third kappa shape index (κ3) is 2.21. The van der Waals surface area contributed by atoms with Gasteiger partial charge in [0.25, 0.3) is 0 Å². The summed E-state index contributed by atoms with van der Waals surface area (Å²) in [4.78, 5) is 10.6. The van der Waals surface area contributed by atoms with E-state index in [1.165, 1.54) is 0 Å². The average molecular weight is 172 g/mol. The van der Waals surface area contributed by atoms with Gasteiger partial charge >= 0.3 is 5.97 Å². The minimum Gasteiger partial charge on any atom is -0.481 e. The molecule has 0 aromatic carbocycles. The van der Waals surface area contributed by atoms with Crippen LogP contribution in [0, 0.1) is 5.92 Å². The zero-order chi connectivity index (χ0) is 9.35. The number of carboxylic acids is 1. The van der Waals surface area contributed by atoms with Gasteiger partial charge in [0.1, 0.15) is 0 Å². The maximum atomic E-state index is 10.6. The summed E-state index contributed by atoms with van der Waals surface area (Å²) in [6.07, 6.45) is 1.58. The third-order valence-corrected chi connectivity index (χ3v) is 2.03. The Morgan fingerprint density at radius 1 is 1.42 bits per heavy atom. The van der Waals surface area contributed by atoms with E-state index in [2.05, 4.69) is 0 Å². The maximum Gasteiger partial charge on any atom is 0.309 e. The monoisotopic (exact) mass is 172 g/mol. The van der Waals surface area contributed by atoms with Crippen LogP contribution in [0.15, 0.2) is 0 Å². The Labute approximate surface area is 72.7 Å². The third-order valence-electron chi connectivity index (χ3n) is 2.03. The fraction of sp³-hybridized carbons (Fsp3) is 0.889. The van der Waals surface area contributed by atoms with Crippen LogP contribution in [0.5, 0.6) is 0 Å². The highest BCUT2D eigenvalue weighted by Crippen LogP contribution is 2.33. The average Bonchev–Trinajstić information content (AvgIpc) is 1.77. The largest absolute Gasteiger partial charge is 0.481 e. The molecular formula is C9H16O3. The smallest absolute Gasteiger partial charge is 0.309 e. The van der Waals surface area contributed by atoms with E-state index < -0.39 is 5.97 Å². The Kier molecular flexibility index (Phi) is 2.42. The van der Waals surface area contributed by atoms with Crippen LogP contribution in [0.25, 0.3) is 0 Å². The first-order chi connectivity index (χ1) is 5.40. The molecule has 0 aromatic rings. The van der Waals surface area contributed by atoms with Gasteiger partial charge in [-0.05, 0) is 33.6 Å². The van der Waals surface area contributed by atoms with Crippen molar-refractivity contribution in [3.8, 4) is 0 Å². The van der Waals surface area contributed by atoms with Gasteiger partial charge in [-0.1, -0.05) is 0 Å². The summed E-state index contributed by atoms with van der Waals surface area (Å²) in [7, 11) is 0.